The molecule has 0 radical (unpaired) electrons. The molecule has 0 aromatic carbocycles. The monoisotopic (exact) mass is 504 g/mol. The zero-order chi connectivity index (χ0) is 26.3. The van der Waals surface area contributed by atoms with Gasteiger partial charge in [-0.15, -0.1) is 0 Å². The fraction of sp³-hybridized carbons (Fsp3) is 0.722. The predicted molar refractivity (Wildman–Crippen MR) is 126 cm³/mol. The number of carbonyl (C=O) groups excluding carboxylic acids is 5. The van der Waals surface area contributed by atoms with Crippen molar-refractivity contribution >= 4 is 45.5 Å². The first-order chi connectivity index (χ1) is 16.7. The van der Waals surface area contributed by atoms with Crippen molar-refractivity contribution in [1.82, 2.24) is 21.3 Å². The summed E-state index contributed by atoms with van der Waals surface area (Å²) in [4.78, 5) is 56.3. The molecule has 0 aromatic rings. The minimum atomic E-state index is -0.923. The summed E-state index contributed by atoms with van der Waals surface area (Å²) in [5.41, 5.74) is 0. The maximum atomic E-state index is 11.8. The largest absolute Gasteiger partial charge is 0.467 e. The summed E-state index contributed by atoms with van der Waals surface area (Å²) in [6.45, 7) is 1.02. The number of methoxy groups -OCH3 is 1. The second kappa shape index (κ2) is 21.5. The van der Waals surface area contributed by atoms with Crippen LogP contribution in [-0.2, 0) is 33.2 Å². The lowest BCUT2D eigenvalue weighted by atomic mass is 10.1. The Balaban J connectivity index is 4.13. The van der Waals surface area contributed by atoms with Crippen molar-refractivity contribution in [2.45, 2.75) is 6.10 Å². The predicted octanol–water partition coefficient (Wildman–Crippen LogP) is -3.28. The van der Waals surface area contributed by atoms with E-state index in [1.54, 1.807) is 0 Å². The second-order valence-corrected chi connectivity index (χ2v) is 6.75. The maximum absolute atomic E-state index is 11.8. The van der Waals surface area contributed by atoms with Crippen molar-refractivity contribution in [1.29, 1.82) is 0 Å². The molecule has 17 heteroatoms. The third-order valence-corrected chi connectivity index (χ3v) is 3.74. The van der Waals surface area contributed by atoms with Gasteiger partial charge in [-0.3, -0.25) is 9.59 Å². The third-order valence-electron chi connectivity index (χ3n) is 3.74. The lowest BCUT2D eigenvalue weighted by molar-refractivity contribution is -0.149. The molecule has 0 unspecified atom stereocenters. The van der Waals surface area contributed by atoms with E-state index in [1.165, 1.54) is 22.8 Å². The summed E-state index contributed by atoms with van der Waals surface area (Å²) in [6.07, 6.45) is -2.45. The number of hydrogen-bond donors (Lipinski definition) is 4. The number of carbonyl (C=O) groups is 5. The Kier molecular flexibility index (Phi) is 19.6. The molecule has 0 aromatic heterocycles. The molecule has 0 aliphatic carbocycles. The van der Waals surface area contributed by atoms with E-state index < -0.39 is 30.9 Å². The Labute approximate surface area is 205 Å². The average Bonchev–Trinajstić information content (AvgIpc) is 2.81. The number of hydrogen-bond acceptors (Lipinski definition) is 11. The van der Waals surface area contributed by atoms with Crippen molar-refractivity contribution in [3.63, 3.8) is 0 Å². The van der Waals surface area contributed by atoms with Crippen LogP contribution in [0.1, 0.15) is 0 Å². The number of esters is 1. The average molecular weight is 504 g/mol. The van der Waals surface area contributed by atoms with E-state index in [0.29, 0.717) is 26.3 Å². The molecular formula is C18H34B2N4O11. The minimum absolute atomic E-state index is 0.162. The molecule has 0 aliphatic rings. The Hall–Kier alpha value is -3.04. The maximum Gasteiger partial charge on any atom is 0.407 e. The lowest BCUT2D eigenvalue weighted by Gasteiger charge is -2.18. The highest BCUT2D eigenvalue weighted by atomic mass is 16.6. The molecule has 35 heavy (non-hydrogen) atoms. The summed E-state index contributed by atoms with van der Waals surface area (Å²) in [5.74, 6) is -0.980. The quantitative estimate of drug-likeness (QED) is 0.0598. The fourth-order valence-electron chi connectivity index (χ4n) is 2.08. The van der Waals surface area contributed by atoms with E-state index >= 15 is 0 Å². The third kappa shape index (κ3) is 22.5. The number of alkyl carbamates (subject to hydrolysis) is 2. The van der Waals surface area contributed by atoms with Crippen molar-refractivity contribution in [2.24, 2.45) is 0 Å². The molecule has 198 valence electrons. The highest BCUT2D eigenvalue weighted by Gasteiger charge is 2.17. The van der Waals surface area contributed by atoms with Gasteiger partial charge < -0.3 is 49.7 Å². The van der Waals surface area contributed by atoms with E-state index in [-0.39, 0.29) is 51.1 Å². The van der Waals surface area contributed by atoms with Crippen LogP contribution in [0.5, 0.6) is 0 Å². The molecule has 0 bridgehead atoms. The van der Waals surface area contributed by atoms with Crippen LogP contribution >= 0.6 is 0 Å². The molecule has 0 fully saturated rings. The van der Waals surface area contributed by atoms with Crippen LogP contribution in [0.25, 0.3) is 0 Å². The van der Waals surface area contributed by atoms with Gasteiger partial charge >= 0.3 is 18.2 Å². The lowest BCUT2D eigenvalue weighted by Crippen LogP contribution is -2.36. The van der Waals surface area contributed by atoms with Gasteiger partial charge in [0.25, 0.3) is 0 Å². The number of nitrogens with one attached hydrogen (secondary N) is 4. The molecule has 0 rings (SSSR count). The summed E-state index contributed by atoms with van der Waals surface area (Å²) in [5, 5.41) is 10.0. The van der Waals surface area contributed by atoms with Gasteiger partial charge in [0.1, 0.15) is 25.9 Å². The highest BCUT2D eigenvalue weighted by Crippen LogP contribution is 1.98. The first kappa shape index (κ1) is 32.0. The molecule has 0 aliphatic heterocycles. The molecule has 4 amide bonds. The van der Waals surface area contributed by atoms with Crippen LogP contribution in [-0.4, -0.2) is 131 Å². The Morgan fingerprint density at radius 1 is 0.686 bits per heavy atom. The normalized spacial score (nSPS) is 10.2. The minimum Gasteiger partial charge on any atom is -0.467 e. The molecule has 0 heterocycles. The highest BCUT2D eigenvalue weighted by molar-refractivity contribution is 6.57. The fourth-order valence-corrected chi connectivity index (χ4v) is 2.08. The SMILES string of the molecule is BC(=O)NCCOCCNC(=O)OCC(COC(=O)NCCOCCNC(B)=O)OCC(=O)OC. The Bertz CT molecular complexity index is 614. The van der Waals surface area contributed by atoms with Crippen LogP contribution in [0.3, 0.4) is 0 Å². The Morgan fingerprint density at radius 3 is 1.46 bits per heavy atom. The van der Waals surface area contributed by atoms with Gasteiger partial charge in [-0.2, -0.15) is 0 Å². The number of rotatable bonds is 19. The summed E-state index contributed by atoms with van der Waals surface area (Å²) in [6, 6.07) is 0. The zero-order valence-corrected chi connectivity index (χ0v) is 20.3. The van der Waals surface area contributed by atoms with Crippen molar-refractivity contribution in [3.8, 4) is 0 Å². The van der Waals surface area contributed by atoms with E-state index in [9.17, 15) is 24.0 Å². The van der Waals surface area contributed by atoms with Crippen LogP contribution < -0.4 is 21.3 Å². The molecular weight excluding hydrogens is 470 g/mol. The van der Waals surface area contributed by atoms with Crippen LogP contribution in [0.15, 0.2) is 0 Å². The van der Waals surface area contributed by atoms with E-state index in [4.69, 9.17) is 23.7 Å². The summed E-state index contributed by atoms with van der Waals surface area (Å²) in [7, 11) is 3.98. The van der Waals surface area contributed by atoms with Gasteiger partial charge in [-0.1, -0.05) is 0 Å². The van der Waals surface area contributed by atoms with Gasteiger partial charge in [0.2, 0.25) is 15.7 Å². The summed E-state index contributed by atoms with van der Waals surface area (Å²) >= 11 is 0. The van der Waals surface area contributed by atoms with Gasteiger partial charge in [0, 0.05) is 26.2 Å². The van der Waals surface area contributed by atoms with E-state index in [1.807, 2.05) is 0 Å². The van der Waals surface area contributed by atoms with Gasteiger partial charge in [-0.25, -0.2) is 14.4 Å². The van der Waals surface area contributed by atoms with E-state index in [0.717, 1.165) is 0 Å². The zero-order valence-electron chi connectivity index (χ0n) is 20.3. The van der Waals surface area contributed by atoms with Crippen LogP contribution in [0.4, 0.5) is 19.2 Å². The first-order valence-electron chi connectivity index (χ1n) is 10.9. The topological polar surface area (TPSA) is 189 Å². The first-order valence-corrected chi connectivity index (χ1v) is 10.9. The molecule has 0 atom stereocenters. The molecule has 0 spiro atoms. The van der Waals surface area contributed by atoms with Crippen molar-refractivity contribution in [2.75, 3.05) is 79.5 Å². The number of amides is 4. The number of ether oxygens (including phenoxy) is 6. The molecule has 4 N–H and O–H groups in total. The van der Waals surface area contributed by atoms with Gasteiger partial charge in [-0.05, 0) is 0 Å². The second-order valence-electron chi connectivity index (χ2n) is 6.75. The van der Waals surface area contributed by atoms with Crippen LogP contribution in [0.2, 0.25) is 0 Å². The van der Waals surface area contributed by atoms with Gasteiger partial charge in [0.15, 0.2) is 11.6 Å². The van der Waals surface area contributed by atoms with Crippen LogP contribution in [0, 0.1) is 0 Å². The molecule has 15 nitrogen and oxygen atoms in total. The van der Waals surface area contributed by atoms with Gasteiger partial charge in [0.05, 0.1) is 33.5 Å². The smallest absolute Gasteiger partial charge is 0.407 e. The standard InChI is InChI=1S/C18H34B2N4O11/c1-30-14(25)12-33-13(10-34-17(28)23-4-8-31-6-2-21-15(19)26)11-35-18(29)24-5-9-32-7-3-22-16(20)27/h13H,2-12,19-20H2,1H3,(H,21,26)(H,22,27)(H,23,28)(H,24,29). The summed E-state index contributed by atoms with van der Waals surface area (Å²) < 4.78 is 30.2. The Morgan fingerprint density at radius 2 is 1.09 bits per heavy atom. The molecule has 0 saturated carbocycles. The molecule has 0 saturated heterocycles. The van der Waals surface area contributed by atoms with E-state index in [2.05, 4.69) is 26.0 Å². The van der Waals surface area contributed by atoms with Crippen molar-refractivity contribution in [3.05, 3.63) is 0 Å². The van der Waals surface area contributed by atoms with Crippen molar-refractivity contribution < 1.29 is 52.4 Å².